The molecule has 8 heteroatoms. The highest BCUT2D eigenvalue weighted by atomic mass is 35.5. The van der Waals surface area contributed by atoms with Gasteiger partial charge in [0.2, 0.25) is 10.0 Å². The summed E-state index contributed by atoms with van der Waals surface area (Å²) in [6.07, 6.45) is 4.65. The SMILES string of the molecule is CC(C)CNS(=O)(=O)c1ccc(C(=O)N2CCC(NCC3CC3)CC2)cc1.Cl. The maximum atomic E-state index is 12.7. The zero-order chi connectivity index (χ0) is 19.4. The van der Waals surface area contributed by atoms with E-state index in [1.807, 2.05) is 18.7 Å². The molecule has 0 atom stereocenters. The third-order valence-electron chi connectivity index (χ3n) is 5.27. The lowest BCUT2D eigenvalue weighted by atomic mass is 10.0. The number of hydrogen-bond donors (Lipinski definition) is 2. The molecule has 0 bridgehead atoms. The van der Waals surface area contributed by atoms with Gasteiger partial charge in [0.05, 0.1) is 4.90 Å². The molecule has 1 amide bonds. The van der Waals surface area contributed by atoms with E-state index in [1.165, 1.54) is 25.0 Å². The van der Waals surface area contributed by atoms with E-state index in [0.717, 1.165) is 38.4 Å². The average Bonchev–Trinajstić information content (AvgIpc) is 3.49. The first-order valence-corrected chi connectivity index (χ1v) is 11.5. The average molecular weight is 430 g/mol. The molecule has 1 saturated heterocycles. The number of carbonyl (C=O) groups excluding carboxylic acids is 1. The smallest absolute Gasteiger partial charge is 0.253 e. The van der Waals surface area contributed by atoms with Crippen molar-refractivity contribution in [1.29, 1.82) is 0 Å². The molecule has 0 radical (unpaired) electrons. The second-order valence-electron chi connectivity index (χ2n) is 8.19. The number of sulfonamides is 1. The molecule has 28 heavy (non-hydrogen) atoms. The Hall–Kier alpha value is -1.15. The summed E-state index contributed by atoms with van der Waals surface area (Å²) in [5.41, 5.74) is 0.544. The van der Waals surface area contributed by atoms with Crippen LogP contribution in [0.3, 0.4) is 0 Å². The summed E-state index contributed by atoms with van der Waals surface area (Å²) in [5, 5.41) is 3.62. The maximum absolute atomic E-state index is 12.7. The number of nitrogens with zero attached hydrogens (tertiary/aromatic N) is 1. The van der Waals surface area contributed by atoms with Crippen LogP contribution in [0.2, 0.25) is 0 Å². The highest BCUT2D eigenvalue weighted by Crippen LogP contribution is 2.28. The standard InChI is InChI=1S/C20H31N3O3S.ClH/c1-15(2)13-22-27(25,26)19-7-5-17(6-8-19)20(24)23-11-9-18(10-12-23)21-14-16-3-4-16;/h5-8,15-16,18,21-22H,3-4,9-14H2,1-2H3;1H. The van der Waals surface area contributed by atoms with Crippen LogP contribution in [0, 0.1) is 11.8 Å². The first-order chi connectivity index (χ1) is 12.8. The Morgan fingerprint density at radius 2 is 1.71 bits per heavy atom. The molecule has 2 N–H and O–H groups in total. The van der Waals surface area contributed by atoms with E-state index >= 15 is 0 Å². The molecule has 2 fully saturated rings. The van der Waals surface area contributed by atoms with Crippen molar-refractivity contribution in [2.24, 2.45) is 11.8 Å². The highest BCUT2D eigenvalue weighted by molar-refractivity contribution is 7.89. The zero-order valence-corrected chi connectivity index (χ0v) is 18.3. The number of hydrogen-bond acceptors (Lipinski definition) is 4. The van der Waals surface area contributed by atoms with E-state index in [4.69, 9.17) is 0 Å². The van der Waals surface area contributed by atoms with E-state index in [9.17, 15) is 13.2 Å². The minimum Gasteiger partial charge on any atom is -0.339 e. The first kappa shape index (κ1) is 23.1. The lowest BCUT2D eigenvalue weighted by Crippen LogP contribution is -2.45. The second kappa shape index (κ2) is 10.1. The molecule has 1 aliphatic carbocycles. The van der Waals surface area contributed by atoms with Crippen molar-refractivity contribution in [1.82, 2.24) is 14.9 Å². The first-order valence-electron chi connectivity index (χ1n) is 9.97. The van der Waals surface area contributed by atoms with Crippen molar-refractivity contribution in [3.63, 3.8) is 0 Å². The van der Waals surface area contributed by atoms with Gasteiger partial charge in [-0.25, -0.2) is 13.1 Å². The number of halogens is 1. The normalized spacial score (nSPS) is 18.2. The minimum atomic E-state index is -3.52. The van der Waals surface area contributed by atoms with E-state index in [0.29, 0.717) is 18.2 Å². The fourth-order valence-electron chi connectivity index (χ4n) is 3.26. The van der Waals surface area contributed by atoms with Crippen LogP contribution < -0.4 is 10.0 Å². The molecule has 2 aliphatic rings. The number of amides is 1. The number of likely N-dealkylation sites (tertiary alicyclic amines) is 1. The molecule has 1 aromatic carbocycles. The van der Waals surface area contributed by atoms with E-state index in [-0.39, 0.29) is 29.1 Å². The van der Waals surface area contributed by atoms with Crippen molar-refractivity contribution >= 4 is 28.3 Å². The van der Waals surface area contributed by atoms with E-state index in [2.05, 4.69) is 10.0 Å². The Bertz CT molecular complexity index is 740. The lowest BCUT2D eigenvalue weighted by molar-refractivity contribution is 0.0705. The van der Waals surface area contributed by atoms with Crippen molar-refractivity contribution < 1.29 is 13.2 Å². The minimum absolute atomic E-state index is 0. The van der Waals surface area contributed by atoms with Crippen LogP contribution in [0.25, 0.3) is 0 Å². The van der Waals surface area contributed by atoms with Gasteiger partial charge in [0, 0.05) is 31.2 Å². The predicted octanol–water partition coefficient (Wildman–Crippen LogP) is 2.65. The number of benzene rings is 1. The Balaban J connectivity index is 0.00000280. The summed E-state index contributed by atoms with van der Waals surface area (Å²) in [6, 6.07) is 6.77. The zero-order valence-electron chi connectivity index (χ0n) is 16.7. The summed E-state index contributed by atoms with van der Waals surface area (Å²) in [4.78, 5) is 14.8. The van der Waals surface area contributed by atoms with Gasteiger partial charge >= 0.3 is 0 Å². The van der Waals surface area contributed by atoms with Gasteiger partial charge in [0.1, 0.15) is 0 Å². The van der Waals surface area contributed by atoms with Crippen LogP contribution in [0.15, 0.2) is 29.2 Å². The van der Waals surface area contributed by atoms with E-state index in [1.54, 1.807) is 12.1 Å². The Morgan fingerprint density at radius 3 is 2.25 bits per heavy atom. The predicted molar refractivity (Wildman–Crippen MR) is 113 cm³/mol. The lowest BCUT2D eigenvalue weighted by Gasteiger charge is -2.32. The van der Waals surface area contributed by atoms with Gasteiger partial charge in [-0.2, -0.15) is 0 Å². The second-order valence-corrected chi connectivity index (χ2v) is 9.96. The third-order valence-corrected chi connectivity index (χ3v) is 6.71. The summed E-state index contributed by atoms with van der Waals surface area (Å²) in [5.74, 6) is 1.09. The molecule has 3 rings (SSSR count). The van der Waals surface area contributed by atoms with Crippen LogP contribution in [0.4, 0.5) is 0 Å². The Morgan fingerprint density at radius 1 is 1.11 bits per heavy atom. The fraction of sp³-hybridized carbons (Fsp3) is 0.650. The van der Waals surface area contributed by atoms with Gasteiger partial charge in [-0.15, -0.1) is 12.4 Å². The summed E-state index contributed by atoms with van der Waals surface area (Å²) in [6.45, 7) is 6.91. The van der Waals surface area contributed by atoms with E-state index < -0.39 is 10.0 Å². The molecule has 0 spiro atoms. The summed E-state index contributed by atoms with van der Waals surface area (Å²) in [7, 11) is -3.52. The van der Waals surface area contributed by atoms with Crippen LogP contribution in [0.5, 0.6) is 0 Å². The molecule has 1 aliphatic heterocycles. The molecule has 1 aromatic rings. The molecular formula is C20H32ClN3O3S. The van der Waals surface area contributed by atoms with Crippen molar-refractivity contribution in [2.45, 2.75) is 50.5 Å². The number of piperidine rings is 1. The Kier molecular flexibility index (Phi) is 8.30. The number of rotatable bonds is 8. The van der Waals surface area contributed by atoms with Gasteiger partial charge in [0.15, 0.2) is 0 Å². The molecular weight excluding hydrogens is 398 g/mol. The number of nitrogens with one attached hydrogen (secondary N) is 2. The van der Waals surface area contributed by atoms with Gasteiger partial charge < -0.3 is 10.2 Å². The topological polar surface area (TPSA) is 78.5 Å². The summed E-state index contributed by atoms with van der Waals surface area (Å²) >= 11 is 0. The quantitative estimate of drug-likeness (QED) is 0.665. The van der Waals surface area contributed by atoms with Crippen LogP contribution in [0.1, 0.15) is 49.9 Å². The summed E-state index contributed by atoms with van der Waals surface area (Å²) < 4.78 is 27.1. The molecule has 1 saturated carbocycles. The largest absolute Gasteiger partial charge is 0.339 e. The fourth-order valence-corrected chi connectivity index (χ4v) is 4.47. The van der Waals surface area contributed by atoms with Crippen LogP contribution >= 0.6 is 12.4 Å². The monoisotopic (exact) mass is 429 g/mol. The Labute approximate surface area is 174 Å². The molecule has 6 nitrogen and oxygen atoms in total. The van der Waals surface area contributed by atoms with Crippen LogP contribution in [-0.4, -0.2) is 51.4 Å². The molecule has 1 heterocycles. The van der Waals surface area contributed by atoms with Crippen molar-refractivity contribution in [3.8, 4) is 0 Å². The highest BCUT2D eigenvalue weighted by Gasteiger charge is 2.26. The molecule has 158 valence electrons. The maximum Gasteiger partial charge on any atom is 0.253 e. The van der Waals surface area contributed by atoms with Gasteiger partial charge in [-0.05, 0) is 68.3 Å². The van der Waals surface area contributed by atoms with Crippen LogP contribution in [-0.2, 0) is 10.0 Å². The number of carbonyl (C=O) groups is 1. The van der Waals surface area contributed by atoms with Gasteiger partial charge in [0.25, 0.3) is 5.91 Å². The third kappa shape index (κ3) is 6.44. The molecule has 0 aromatic heterocycles. The van der Waals surface area contributed by atoms with Crippen molar-refractivity contribution in [3.05, 3.63) is 29.8 Å². The van der Waals surface area contributed by atoms with Gasteiger partial charge in [-0.3, -0.25) is 4.79 Å². The molecule has 0 unspecified atom stereocenters. The van der Waals surface area contributed by atoms with Gasteiger partial charge in [-0.1, -0.05) is 13.8 Å². The van der Waals surface area contributed by atoms with Crippen molar-refractivity contribution in [2.75, 3.05) is 26.2 Å².